The molecule has 0 aromatic carbocycles. The molecule has 1 saturated heterocycles. The molecule has 3 rings (SSSR count). The van der Waals surface area contributed by atoms with Crippen LogP contribution in [-0.2, 0) is 9.59 Å². The van der Waals surface area contributed by atoms with Crippen LogP contribution in [0.2, 0.25) is 0 Å². The largest absolute Gasteiger partial charge is 0.348 e. The molecule has 0 spiro atoms. The van der Waals surface area contributed by atoms with Crippen LogP contribution in [0, 0.1) is 5.92 Å². The van der Waals surface area contributed by atoms with Crippen molar-refractivity contribution in [1.82, 2.24) is 15.5 Å². The van der Waals surface area contributed by atoms with Gasteiger partial charge >= 0.3 is 11.8 Å². The van der Waals surface area contributed by atoms with Gasteiger partial charge in [-0.05, 0) is 57.5 Å². The van der Waals surface area contributed by atoms with E-state index in [9.17, 15) is 9.59 Å². The summed E-state index contributed by atoms with van der Waals surface area (Å²) in [7, 11) is 0. The van der Waals surface area contributed by atoms with E-state index in [-0.39, 0.29) is 6.04 Å². The topological polar surface area (TPSA) is 61.4 Å². The molecule has 0 unspecified atom stereocenters. The predicted octanol–water partition coefficient (Wildman–Crippen LogP) is 2.60. The van der Waals surface area contributed by atoms with E-state index in [1.54, 1.807) is 0 Å². The Hall–Kier alpha value is -1.10. The van der Waals surface area contributed by atoms with Gasteiger partial charge in [-0.1, -0.05) is 38.5 Å². The number of nitrogens with one attached hydrogen (secondary N) is 2. The predicted molar refractivity (Wildman–Crippen MR) is 99.2 cm³/mol. The van der Waals surface area contributed by atoms with Crippen LogP contribution in [-0.4, -0.2) is 48.4 Å². The Kier molecular flexibility index (Phi) is 7.14. The molecule has 3 aliphatic rings. The van der Waals surface area contributed by atoms with Crippen molar-refractivity contribution >= 4 is 11.8 Å². The number of carbonyl (C=O) groups excluding carboxylic acids is 2. The standard InChI is InChI=1S/C20H35N3O2/c24-19(20(25)22-17-7-3-1-2-4-8-17)21-15-16-11-13-23(14-12-16)18-9-5-6-10-18/h16-18H,1-15H2,(H,21,24)(H,22,25). The smallest absolute Gasteiger partial charge is 0.309 e. The zero-order valence-corrected chi connectivity index (χ0v) is 15.6. The van der Waals surface area contributed by atoms with Gasteiger partial charge in [-0.15, -0.1) is 0 Å². The molecule has 0 aromatic heterocycles. The zero-order valence-electron chi connectivity index (χ0n) is 15.6. The highest BCUT2D eigenvalue weighted by molar-refractivity contribution is 6.35. The van der Waals surface area contributed by atoms with Crippen molar-refractivity contribution < 1.29 is 9.59 Å². The maximum atomic E-state index is 12.1. The van der Waals surface area contributed by atoms with Crippen LogP contribution in [0.5, 0.6) is 0 Å². The normalized spacial score (nSPS) is 24.8. The highest BCUT2D eigenvalue weighted by atomic mass is 16.2. The van der Waals surface area contributed by atoms with Crippen LogP contribution in [0.4, 0.5) is 0 Å². The van der Waals surface area contributed by atoms with Crippen molar-refractivity contribution in [3.05, 3.63) is 0 Å². The quantitative estimate of drug-likeness (QED) is 0.606. The monoisotopic (exact) mass is 349 g/mol. The Bertz CT molecular complexity index is 432. The van der Waals surface area contributed by atoms with Gasteiger partial charge in [-0.25, -0.2) is 0 Å². The van der Waals surface area contributed by atoms with E-state index in [0.29, 0.717) is 12.5 Å². The fourth-order valence-electron chi connectivity index (χ4n) is 4.78. The van der Waals surface area contributed by atoms with Crippen molar-refractivity contribution in [1.29, 1.82) is 0 Å². The lowest BCUT2D eigenvalue weighted by Crippen LogP contribution is -2.47. The molecular weight excluding hydrogens is 314 g/mol. The van der Waals surface area contributed by atoms with Crippen LogP contribution in [0.15, 0.2) is 0 Å². The summed E-state index contributed by atoms with van der Waals surface area (Å²) < 4.78 is 0. The molecule has 142 valence electrons. The average molecular weight is 350 g/mol. The Morgan fingerprint density at radius 2 is 1.36 bits per heavy atom. The third kappa shape index (κ3) is 5.70. The number of hydrogen-bond donors (Lipinski definition) is 2. The van der Waals surface area contributed by atoms with Gasteiger partial charge in [-0.2, -0.15) is 0 Å². The fourth-order valence-corrected chi connectivity index (χ4v) is 4.78. The lowest BCUT2D eigenvalue weighted by Gasteiger charge is -2.36. The Morgan fingerprint density at radius 1 is 0.760 bits per heavy atom. The third-order valence-corrected chi connectivity index (χ3v) is 6.44. The second kappa shape index (κ2) is 9.56. The molecular formula is C20H35N3O2. The molecule has 2 N–H and O–H groups in total. The molecule has 1 heterocycles. The summed E-state index contributed by atoms with van der Waals surface area (Å²) in [5.74, 6) is -0.356. The molecule has 0 atom stereocenters. The van der Waals surface area contributed by atoms with E-state index >= 15 is 0 Å². The summed E-state index contributed by atoms with van der Waals surface area (Å²) in [6.07, 6.45) is 14.6. The number of amides is 2. The molecule has 0 bridgehead atoms. The molecule has 1 aliphatic heterocycles. The fraction of sp³-hybridized carbons (Fsp3) is 0.900. The van der Waals surface area contributed by atoms with Gasteiger partial charge in [-0.3, -0.25) is 9.59 Å². The maximum Gasteiger partial charge on any atom is 0.309 e. The summed E-state index contributed by atoms with van der Waals surface area (Å²) >= 11 is 0. The van der Waals surface area contributed by atoms with Gasteiger partial charge in [0.1, 0.15) is 0 Å². The minimum atomic E-state index is -0.442. The van der Waals surface area contributed by atoms with Crippen molar-refractivity contribution in [2.45, 2.75) is 89.1 Å². The first kappa shape index (κ1) is 18.7. The molecule has 2 aliphatic carbocycles. The summed E-state index contributed by atoms with van der Waals surface area (Å²) in [6, 6.07) is 0.997. The van der Waals surface area contributed by atoms with Crippen LogP contribution < -0.4 is 10.6 Å². The van der Waals surface area contributed by atoms with Crippen LogP contribution in [0.1, 0.15) is 77.0 Å². The number of carbonyl (C=O) groups is 2. The molecule has 25 heavy (non-hydrogen) atoms. The van der Waals surface area contributed by atoms with Gasteiger partial charge in [0.2, 0.25) is 0 Å². The van der Waals surface area contributed by atoms with E-state index in [2.05, 4.69) is 15.5 Å². The Balaban J connectivity index is 1.32. The van der Waals surface area contributed by atoms with Crippen molar-refractivity contribution in [2.75, 3.05) is 19.6 Å². The molecule has 3 fully saturated rings. The van der Waals surface area contributed by atoms with Crippen LogP contribution in [0.3, 0.4) is 0 Å². The van der Waals surface area contributed by atoms with Gasteiger partial charge in [0, 0.05) is 18.6 Å². The minimum absolute atomic E-state index is 0.190. The summed E-state index contributed by atoms with van der Waals surface area (Å²) in [5.41, 5.74) is 0. The molecule has 2 saturated carbocycles. The lowest BCUT2D eigenvalue weighted by atomic mass is 9.95. The van der Waals surface area contributed by atoms with E-state index in [0.717, 1.165) is 57.7 Å². The second-order valence-corrected chi connectivity index (χ2v) is 8.29. The molecule has 0 aromatic rings. The average Bonchev–Trinajstić information content (AvgIpc) is 3.05. The molecule has 2 amide bonds. The highest BCUT2D eigenvalue weighted by Crippen LogP contribution is 2.27. The lowest BCUT2D eigenvalue weighted by molar-refractivity contribution is -0.139. The maximum absolute atomic E-state index is 12.1. The van der Waals surface area contributed by atoms with Gasteiger partial charge in [0.05, 0.1) is 0 Å². The van der Waals surface area contributed by atoms with Gasteiger partial charge in [0.15, 0.2) is 0 Å². The Morgan fingerprint density at radius 3 is 2.00 bits per heavy atom. The first-order valence-electron chi connectivity index (χ1n) is 10.5. The second-order valence-electron chi connectivity index (χ2n) is 8.29. The first-order chi connectivity index (χ1) is 12.2. The zero-order chi connectivity index (χ0) is 17.5. The highest BCUT2D eigenvalue weighted by Gasteiger charge is 2.27. The molecule has 5 heteroatoms. The number of likely N-dealkylation sites (tertiary alicyclic amines) is 1. The van der Waals surface area contributed by atoms with E-state index in [1.807, 2.05) is 0 Å². The van der Waals surface area contributed by atoms with E-state index in [4.69, 9.17) is 0 Å². The number of piperidine rings is 1. The first-order valence-corrected chi connectivity index (χ1v) is 10.5. The summed E-state index contributed by atoms with van der Waals surface area (Å²) in [5, 5.41) is 5.80. The van der Waals surface area contributed by atoms with Crippen LogP contribution in [0.25, 0.3) is 0 Å². The number of hydrogen-bond acceptors (Lipinski definition) is 3. The SMILES string of the molecule is O=C(NCC1CCN(C2CCCC2)CC1)C(=O)NC1CCCCCC1. The Labute approximate surface area is 152 Å². The third-order valence-electron chi connectivity index (χ3n) is 6.44. The van der Waals surface area contributed by atoms with Crippen LogP contribution >= 0.6 is 0 Å². The minimum Gasteiger partial charge on any atom is -0.348 e. The van der Waals surface area contributed by atoms with Crippen molar-refractivity contribution in [3.63, 3.8) is 0 Å². The van der Waals surface area contributed by atoms with Gasteiger partial charge in [0.25, 0.3) is 0 Å². The van der Waals surface area contributed by atoms with Crippen molar-refractivity contribution in [2.24, 2.45) is 5.92 Å². The van der Waals surface area contributed by atoms with E-state index in [1.165, 1.54) is 38.5 Å². The molecule has 5 nitrogen and oxygen atoms in total. The van der Waals surface area contributed by atoms with Gasteiger partial charge < -0.3 is 15.5 Å². The summed E-state index contributed by atoms with van der Waals surface area (Å²) in [4.78, 5) is 26.8. The summed E-state index contributed by atoms with van der Waals surface area (Å²) in [6.45, 7) is 2.95. The van der Waals surface area contributed by atoms with E-state index < -0.39 is 11.8 Å². The van der Waals surface area contributed by atoms with Crippen molar-refractivity contribution in [3.8, 4) is 0 Å². The molecule has 0 radical (unpaired) electrons. The number of rotatable bonds is 4. The number of nitrogens with zero attached hydrogens (tertiary/aromatic N) is 1.